The van der Waals surface area contributed by atoms with Crippen molar-refractivity contribution in [3.8, 4) is 0 Å². The van der Waals surface area contributed by atoms with Gasteiger partial charge in [-0.2, -0.15) is 0 Å². The zero-order valence-electron chi connectivity index (χ0n) is 9.82. The van der Waals surface area contributed by atoms with Crippen molar-refractivity contribution in [3.63, 3.8) is 0 Å². The molecule has 2 heterocycles. The number of rotatable bonds is 2. The minimum Gasteiger partial charge on any atom is -0.393 e. The lowest BCUT2D eigenvalue weighted by atomic mass is 9.93. The molecule has 4 nitrogen and oxygen atoms in total. The van der Waals surface area contributed by atoms with E-state index in [2.05, 4.69) is 20.9 Å². The van der Waals surface area contributed by atoms with E-state index in [9.17, 15) is 9.90 Å². The van der Waals surface area contributed by atoms with Crippen molar-refractivity contribution in [2.75, 3.05) is 13.1 Å². The first-order valence-electron chi connectivity index (χ1n) is 5.89. The van der Waals surface area contributed by atoms with Gasteiger partial charge in [-0.05, 0) is 41.8 Å². The summed E-state index contributed by atoms with van der Waals surface area (Å²) in [7, 11) is 0. The van der Waals surface area contributed by atoms with Crippen LogP contribution in [0.25, 0.3) is 0 Å². The molecule has 0 spiro atoms. The first kappa shape index (κ1) is 12.6. The summed E-state index contributed by atoms with van der Waals surface area (Å²) in [4.78, 5) is 16.9. The van der Waals surface area contributed by atoms with Gasteiger partial charge in [0.15, 0.2) is 0 Å². The minimum atomic E-state index is -0.346. The number of aromatic amines is 1. The molecule has 1 aromatic heterocycles. The van der Waals surface area contributed by atoms with Gasteiger partial charge in [0, 0.05) is 29.7 Å². The van der Waals surface area contributed by atoms with E-state index < -0.39 is 0 Å². The number of aliphatic hydroxyl groups is 1. The largest absolute Gasteiger partial charge is 0.393 e. The first-order chi connectivity index (χ1) is 8.08. The smallest absolute Gasteiger partial charge is 0.270 e. The van der Waals surface area contributed by atoms with Gasteiger partial charge in [0.2, 0.25) is 0 Å². The van der Waals surface area contributed by atoms with Crippen LogP contribution in [-0.2, 0) is 0 Å². The lowest BCUT2D eigenvalue weighted by molar-refractivity contribution is 0.0462. The van der Waals surface area contributed by atoms with Crippen molar-refractivity contribution in [1.29, 1.82) is 0 Å². The minimum absolute atomic E-state index is 0.0149. The van der Waals surface area contributed by atoms with E-state index in [1.807, 2.05) is 4.90 Å². The van der Waals surface area contributed by atoms with Crippen LogP contribution in [0, 0.1) is 5.92 Å². The number of piperidine rings is 1. The fourth-order valence-corrected chi connectivity index (χ4v) is 2.59. The molecule has 1 aliphatic rings. The Morgan fingerprint density at radius 1 is 1.71 bits per heavy atom. The Kier molecular flexibility index (Phi) is 3.89. The molecule has 1 aromatic rings. The van der Waals surface area contributed by atoms with Gasteiger partial charge >= 0.3 is 0 Å². The number of carbonyl (C=O) groups excluding carboxylic acids is 1. The number of hydrogen-bond donors (Lipinski definition) is 2. The topological polar surface area (TPSA) is 56.3 Å². The summed E-state index contributed by atoms with van der Waals surface area (Å²) < 4.78 is 0.880. The number of aromatic nitrogens is 1. The molecule has 0 bridgehead atoms. The summed E-state index contributed by atoms with van der Waals surface area (Å²) in [6.45, 7) is 3.22. The van der Waals surface area contributed by atoms with Crippen LogP contribution in [-0.4, -0.2) is 40.1 Å². The zero-order chi connectivity index (χ0) is 12.4. The molecule has 0 aromatic carbocycles. The highest BCUT2D eigenvalue weighted by Crippen LogP contribution is 2.21. The average molecular weight is 301 g/mol. The monoisotopic (exact) mass is 300 g/mol. The van der Waals surface area contributed by atoms with Gasteiger partial charge in [0.25, 0.3) is 5.91 Å². The maximum absolute atomic E-state index is 12.2. The fraction of sp³-hybridized carbons (Fsp3) is 0.583. The number of aliphatic hydroxyl groups excluding tert-OH is 1. The molecular weight excluding hydrogens is 284 g/mol. The predicted molar refractivity (Wildman–Crippen MR) is 68.8 cm³/mol. The molecule has 1 amide bonds. The van der Waals surface area contributed by atoms with Crippen LogP contribution >= 0.6 is 15.9 Å². The summed E-state index contributed by atoms with van der Waals surface area (Å²) in [5.41, 5.74) is 0.600. The summed E-state index contributed by atoms with van der Waals surface area (Å²) in [6, 6.07) is 1.79. The van der Waals surface area contributed by atoms with Crippen molar-refractivity contribution >= 4 is 21.8 Å². The molecule has 5 heteroatoms. The number of carbonyl (C=O) groups is 1. The quantitative estimate of drug-likeness (QED) is 0.878. The fourth-order valence-electron chi connectivity index (χ4n) is 2.25. The van der Waals surface area contributed by atoms with Crippen molar-refractivity contribution in [1.82, 2.24) is 9.88 Å². The molecule has 17 heavy (non-hydrogen) atoms. The third-order valence-corrected chi connectivity index (χ3v) is 3.76. The molecule has 0 aliphatic carbocycles. The predicted octanol–water partition coefficient (Wildman–Crippen LogP) is 2.01. The number of nitrogens with one attached hydrogen (secondary N) is 1. The number of hydrogen-bond acceptors (Lipinski definition) is 2. The number of halogens is 1. The molecule has 2 atom stereocenters. The number of nitrogens with zero attached hydrogens (tertiary/aromatic N) is 1. The van der Waals surface area contributed by atoms with E-state index in [1.54, 1.807) is 19.2 Å². The van der Waals surface area contributed by atoms with Gasteiger partial charge in [0.05, 0.1) is 6.10 Å². The second-order valence-corrected chi connectivity index (χ2v) is 5.54. The normalized spacial score (nSPS) is 22.5. The maximum Gasteiger partial charge on any atom is 0.270 e. The average Bonchev–Trinajstić information content (AvgIpc) is 2.75. The molecule has 1 saturated heterocycles. The van der Waals surface area contributed by atoms with Crippen LogP contribution in [0.5, 0.6) is 0 Å². The molecule has 2 unspecified atom stereocenters. The zero-order valence-corrected chi connectivity index (χ0v) is 11.4. The highest BCUT2D eigenvalue weighted by molar-refractivity contribution is 9.10. The Morgan fingerprint density at radius 2 is 2.47 bits per heavy atom. The number of likely N-dealkylation sites (tertiary alicyclic amines) is 1. The van der Waals surface area contributed by atoms with Crippen LogP contribution in [0.4, 0.5) is 0 Å². The lowest BCUT2D eigenvalue weighted by Gasteiger charge is -2.33. The SMILES string of the molecule is CC(O)C1CCCN(C(=O)c2cc(Br)c[nH]2)C1. The van der Waals surface area contributed by atoms with Crippen molar-refractivity contribution < 1.29 is 9.90 Å². The Hall–Kier alpha value is -0.810. The Bertz CT molecular complexity index is 403. The third-order valence-electron chi connectivity index (χ3n) is 3.31. The second-order valence-electron chi connectivity index (χ2n) is 4.63. The second kappa shape index (κ2) is 5.23. The van der Waals surface area contributed by atoms with Crippen LogP contribution in [0.15, 0.2) is 16.7 Å². The lowest BCUT2D eigenvalue weighted by Crippen LogP contribution is -2.43. The molecule has 0 saturated carbocycles. The van der Waals surface area contributed by atoms with Crippen LogP contribution in [0.1, 0.15) is 30.3 Å². The van der Waals surface area contributed by atoms with Gasteiger partial charge in [-0.15, -0.1) is 0 Å². The first-order valence-corrected chi connectivity index (χ1v) is 6.68. The molecule has 1 aliphatic heterocycles. The Balaban J connectivity index is 2.04. The van der Waals surface area contributed by atoms with Crippen LogP contribution < -0.4 is 0 Å². The van der Waals surface area contributed by atoms with Gasteiger partial charge in [-0.1, -0.05) is 0 Å². The molecule has 2 rings (SSSR count). The number of H-pyrrole nitrogens is 1. The molecular formula is C12H17BrN2O2. The maximum atomic E-state index is 12.2. The van der Waals surface area contributed by atoms with E-state index >= 15 is 0 Å². The standard InChI is InChI=1S/C12H17BrN2O2/c1-8(16)9-3-2-4-15(7-9)12(17)11-5-10(13)6-14-11/h5-6,8-9,14,16H,2-4,7H2,1H3. The van der Waals surface area contributed by atoms with Crippen LogP contribution in [0.2, 0.25) is 0 Å². The van der Waals surface area contributed by atoms with Gasteiger partial charge in [0.1, 0.15) is 5.69 Å². The van der Waals surface area contributed by atoms with E-state index in [0.717, 1.165) is 23.9 Å². The van der Waals surface area contributed by atoms with Crippen molar-refractivity contribution in [2.45, 2.75) is 25.9 Å². The van der Waals surface area contributed by atoms with E-state index in [-0.39, 0.29) is 17.9 Å². The summed E-state index contributed by atoms with van der Waals surface area (Å²) >= 11 is 3.32. The van der Waals surface area contributed by atoms with Crippen molar-refractivity contribution in [2.24, 2.45) is 5.92 Å². The molecule has 1 fully saturated rings. The van der Waals surface area contributed by atoms with Gasteiger partial charge in [-0.3, -0.25) is 4.79 Å². The van der Waals surface area contributed by atoms with E-state index in [1.165, 1.54) is 0 Å². The Labute approximate surface area is 109 Å². The van der Waals surface area contributed by atoms with E-state index in [4.69, 9.17) is 0 Å². The molecule has 2 N–H and O–H groups in total. The molecule has 0 radical (unpaired) electrons. The number of amides is 1. The van der Waals surface area contributed by atoms with Crippen molar-refractivity contribution in [3.05, 3.63) is 22.4 Å². The van der Waals surface area contributed by atoms with Gasteiger partial charge in [-0.25, -0.2) is 0 Å². The summed E-state index contributed by atoms with van der Waals surface area (Å²) in [6.07, 6.45) is 3.36. The summed E-state index contributed by atoms with van der Waals surface area (Å²) in [5.74, 6) is 0.215. The molecule has 94 valence electrons. The Morgan fingerprint density at radius 3 is 3.06 bits per heavy atom. The highest BCUT2D eigenvalue weighted by Gasteiger charge is 2.27. The highest BCUT2D eigenvalue weighted by atomic mass is 79.9. The van der Waals surface area contributed by atoms with Gasteiger partial charge < -0.3 is 15.0 Å². The van der Waals surface area contributed by atoms with Crippen LogP contribution in [0.3, 0.4) is 0 Å². The summed E-state index contributed by atoms with van der Waals surface area (Å²) in [5, 5.41) is 9.60. The van der Waals surface area contributed by atoms with E-state index in [0.29, 0.717) is 12.2 Å². The third kappa shape index (κ3) is 2.90.